The zero-order valence-corrected chi connectivity index (χ0v) is 28.7. The number of hydrogen-bond acceptors (Lipinski definition) is 7. The van der Waals surface area contributed by atoms with Gasteiger partial charge < -0.3 is 19.7 Å². The van der Waals surface area contributed by atoms with E-state index < -0.39 is 19.1 Å². The number of carbonyl (C=O) groups excluding carboxylic acids is 3. The number of esters is 1. The zero-order valence-electron chi connectivity index (χ0n) is 26.7. The molecule has 0 aliphatic heterocycles. The number of carbonyl (C=O) groups is 4. The topological polar surface area (TPSA) is 127 Å². The zero-order chi connectivity index (χ0) is 36.7. The van der Waals surface area contributed by atoms with Gasteiger partial charge in [0.05, 0.1) is 53.0 Å². The molecule has 0 saturated carbocycles. The summed E-state index contributed by atoms with van der Waals surface area (Å²) in [6.07, 6.45) is 0.191. The van der Waals surface area contributed by atoms with Crippen molar-refractivity contribution in [1.29, 1.82) is 0 Å². The lowest BCUT2D eigenvalue weighted by Crippen LogP contribution is -2.07. The van der Waals surface area contributed by atoms with Gasteiger partial charge in [0.25, 0.3) is 0 Å². The van der Waals surface area contributed by atoms with Crippen LogP contribution in [0, 0.1) is 0 Å². The number of benzene rings is 4. The van der Waals surface area contributed by atoms with Crippen molar-refractivity contribution in [3.05, 3.63) is 126 Å². The van der Waals surface area contributed by atoms with E-state index in [1.807, 2.05) is 6.92 Å². The Labute approximate surface area is 298 Å². The van der Waals surface area contributed by atoms with Crippen LogP contribution in [-0.4, -0.2) is 54.1 Å². The van der Waals surface area contributed by atoms with Crippen LogP contribution in [0.2, 0.25) is 20.1 Å². The van der Waals surface area contributed by atoms with Gasteiger partial charge in [-0.05, 0) is 73.5 Å². The summed E-state index contributed by atoms with van der Waals surface area (Å²) in [6, 6.07) is 18.3. The molecule has 0 atom stereocenters. The molecular weight excluding hydrogens is 709 g/mol. The SMILES string of the molecule is CCOC(=O)c1ccc(C(=O)Cc2cc(Cl)c(OCC)c(Cl)c2)cc1.O=C(O)c1ccc(C(=O)Cc2cc(Cl)c(O)c(Cl)c2)cc1.[2H]CF. The maximum Gasteiger partial charge on any atom is 0.338 e. The molecule has 48 heavy (non-hydrogen) atoms. The molecule has 8 nitrogen and oxygen atoms in total. The molecule has 254 valence electrons. The molecule has 4 aromatic carbocycles. The molecule has 0 spiro atoms. The van der Waals surface area contributed by atoms with Gasteiger partial charge in [-0.2, -0.15) is 0 Å². The summed E-state index contributed by atoms with van der Waals surface area (Å²) in [5, 5.41) is 19.2. The molecule has 0 aliphatic rings. The van der Waals surface area contributed by atoms with E-state index in [2.05, 4.69) is 0 Å². The fraction of sp³-hybridized carbons (Fsp3) is 0.200. The van der Waals surface area contributed by atoms with Crippen molar-refractivity contribution in [2.75, 3.05) is 20.4 Å². The van der Waals surface area contributed by atoms with Gasteiger partial charge in [-0.25, -0.2) is 9.59 Å². The van der Waals surface area contributed by atoms with E-state index in [4.69, 9.17) is 62.4 Å². The third-order valence-corrected chi connectivity index (χ3v) is 7.46. The molecule has 0 heterocycles. The third kappa shape index (κ3) is 11.5. The number of aromatic hydroxyl groups is 1. The van der Waals surface area contributed by atoms with Crippen LogP contribution in [0.4, 0.5) is 4.39 Å². The van der Waals surface area contributed by atoms with Crippen molar-refractivity contribution in [1.82, 2.24) is 0 Å². The standard InChI is InChI=1S/C19H18Cl2O4.C15H10Cl2O4.CH3F/c1-3-24-18-15(20)9-12(10-16(18)21)11-17(22)13-5-7-14(8-6-13)19(23)25-4-2;16-11-5-8(6-12(17)14(11)19)7-13(18)9-1-3-10(4-2-9)15(20)21;1-2/h5-10H,3-4,11H2,1-2H3;1-6,19H,7H2,(H,20,21);1H3/i;;1D. The molecule has 0 bridgehead atoms. The summed E-state index contributed by atoms with van der Waals surface area (Å²) >= 11 is 23.9. The fourth-order valence-electron chi connectivity index (χ4n) is 4.10. The number of Topliss-reactive ketones (excluding diaryl/α,β-unsaturated/α-hetero) is 2. The van der Waals surface area contributed by atoms with Crippen LogP contribution >= 0.6 is 46.4 Å². The molecule has 0 unspecified atom stereocenters. The fourth-order valence-corrected chi connectivity index (χ4v) is 5.27. The molecule has 0 radical (unpaired) electrons. The van der Waals surface area contributed by atoms with Gasteiger partial charge in [0.1, 0.15) is 0 Å². The predicted molar refractivity (Wildman–Crippen MR) is 185 cm³/mol. The first-order valence-corrected chi connectivity index (χ1v) is 15.6. The van der Waals surface area contributed by atoms with E-state index in [-0.39, 0.29) is 45.8 Å². The Hall–Kier alpha value is -4.15. The van der Waals surface area contributed by atoms with Crippen LogP contribution in [0.3, 0.4) is 0 Å². The lowest BCUT2D eigenvalue weighted by molar-refractivity contribution is 0.0525. The Morgan fingerprint density at radius 1 is 0.688 bits per heavy atom. The molecule has 13 heteroatoms. The number of aromatic carboxylic acids is 1. The average molecular weight is 741 g/mol. The maximum absolute atomic E-state index is 12.4. The van der Waals surface area contributed by atoms with Gasteiger partial charge >= 0.3 is 11.9 Å². The highest BCUT2D eigenvalue weighted by Gasteiger charge is 2.15. The van der Waals surface area contributed by atoms with Crippen molar-refractivity contribution < 1.29 is 44.6 Å². The number of halogens is 5. The summed E-state index contributed by atoms with van der Waals surface area (Å²) in [4.78, 5) is 46.9. The molecular formula is C35H31Cl4FO8. The van der Waals surface area contributed by atoms with Gasteiger partial charge in [-0.1, -0.05) is 70.7 Å². The lowest BCUT2D eigenvalue weighted by atomic mass is 10.0. The Morgan fingerprint density at radius 3 is 1.44 bits per heavy atom. The molecule has 4 aromatic rings. The van der Waals surface area contributed by atoms with E-state index in [9.17, 15) is 28.7 Å². The van der Waals surface area contributed by atoms with Crippen LogP contribution < -0.4 is 4.74 Å². The molecule has 0 amide bonds. The van der Waals surface area contributed by atoms with Crippen LogP contribution in [-0.2, 0) is 17.6 Å². The number of phenols is 1. The second-order valence-corrected chi connectivity index (χ2v) is 11.2. The van der Waals surface area contributed by atoms with E-state index in [0.717, 1.165) is 0 Å². The lowest BCUT2D eigenvalue weighted by Gasteiger charge is -2.10. The molecule has 2 N–H and O–H groups in total. The number of carboxylic acid groups (broad SMARTS) is 1. The van der Waals surface area contributed by atoms with Crippen LogP contribution in [0.15, 0.2) is 72.8 Å². The number of alkyl halides is 1. The van der Waals surface area contributed by atoms with Gasteiger partial charge in [0.2, 0.25) is 0 Å². The molecule has 0 fully saturated rings. The van der Waals surface area contributed by atoms with Crippen molar-refractivity contribution in [2.24, 2.45) is 0 Å². The second kappa shape index (κ2) is 19.6. The van der Waals surface area contributed by atoms with Crippen LogP contribution in [0.5, 0.6) is 11.5 Å². The Balaban J connectivity index is 0.000000319. The first-order valence-electron chi connectivity index (χ1n) is 14.8. The van der Waals surface area contributed by atoms with E-state index in [1.165, 1.54) is 36.4 Å². The van der Waals surface area contributed by atoms with Crippen molar-refractivity contribution >= 4 is 69.9 Å². The van der Waals surface area contributed by atoms with Crippen molar-refractivity contribution in [2.45, 2.75) is 26.7 Å². The second-order valence-electron chi connectivity index (χ2n) is 9.61. The predicted octanol–water partition coefficient (Wildman–Crippen LogP) is 9.40. The summed E-state index contributed by atoms with van der Waals surface area (Å²) in [7, 11) is -1.00. The molecule has 0 saturated heterocycles. The third-order valence-electron chi connectivity index (χ3n) is 6.32. The van der Waals surface area contributed by atoms with Crippen molar-refractivity contribution in [3.63, 3.8) is 0 Å². The Bertz CT molecular complexity index is 1720. The number of rotatable bonds is 11. The van der Waals surface area contributed by atoms with Crippen LogP contribution in [0.1, 0.15) is 67.8 Å². The van der Waals surface area contributed by atoms with Gasteiger partial charge in [-0.3, -0.25) is 14.0 Å². The van der Waals surface area contributed by atoms with E-state index in [0.29, 0.717) is 56.8 Å². The maximum atomic E-state index is 12.4. The number of hydrogen-bond donors (Lipinski definition) is 2. The van der Waals surface area contributed by atoms with Gasteiger partial charge in [0, 0.05) is 24.0 Å². The first kappa shape index (κ1) is 38.3. The van der Waals surface area contributed by atoms with Gasteiger partial charge in [0.15, 0.2) is 23.1 Å². The first-order chi connectivity index (χ1) is 23.3. The number of ether oxygens (including phenoxy) is 2. The minimum Gasteiger partial charge on any atom is -0.505 e. The van der Waals surface area contributed by atoms with Crippen molar-refractivity contribution in [3.8, 4) is 11.5 Å². The minimum atomic E-state index is -1.05. The monoisotopic (exact) mass is 739 g/mol. The summed E-state index contributed by atoms with van der Waals surface area (Å²) in [6.45, 7) is 4.33. The van der Waals surface area contributed by atoms with E-state index >= 15 is 0 Å². The Kier molecular flexibility index (Phi) is 15.7. The molecule has 4 rings (SSSR count). The average Bonchev–Trinajstić information content (AvgIpc) is 3.06. The number of carboxylic acids is 1. The summed E-state index contributed by atoms with van der Waals surface area (Å²) in [5.74, 6) is -1.57. The Morgan fingerprint density at radius 2 is 1.06 bits per heavy atom. The highest BCUT2D eigenvalue weighted by molar-refractivity contribution is 6.37. The molecule has 0 aliphatic carbocycles. The molecule has 0 aromatic heterocycles. The van der Waals surface area contributed by atoms with E-state index in [1.54, 1.807) is 43.3 Å². The van der Waals surface area contributed by atoms with Gasteiger partial charge in [-0.15, -0.1) is 0 Å². The highest BCUT2D eigenvalue weighted by Crippen LogP contribution is 2.35. The number of ketones is 2. The normalized spacial score (nSPS) is 10.4. The number of phenolic OH excluding ortho intramolecular Hbond substituents is 1. The largest absolute Gasteiger partial charge is 0.505 e. The summed E-state index contributed by atoms with van der Waals surface area (Å²) < 4.78 is 25.8. The van der Waals surface area contributed by atoms with Crippen LogP contribution in [0.25, 0.3) is 0 Å². The smallest absolute Gasteiger partial charge is 0.338 e. The highest BCUT2D eigenvalue weighted by atomic mass is 35.5. The summed E-state index contributed by atoms with van der Waals surface area (Å²) in [5.41, 5.74) is 2.66. The quantitative estimate of drug-likeness (QED) is 0.115. The minimum absolute atomic E-state index is 0.0478.